The fourth-order valence-electron chi connectivity index (χ4n) is 2.19. The molecular formula is C14H17ClN2O2. The van der Waals surface area contributed by atoms with E-state index >= 15 is 0 Å². The first-order chi connectivity index (χ1) is 9.09. The lowest BCUT2D eigenvalue weighted by molar-refractivity contribution is -0.131. The average molecular weight is 281 g/mol. The summed E-state index contributed by atoms with van der Waals surface area (Å²) in [7, 11) is 0. The number of halogens is 1. The van der Waals surface area contributed by atoms with Crippen LogP contribution in [0.4, 0.5) is 0 Å². The van der Waals surface area contributed by atoms with Crippen LogP contribution in [0.25, 0.3) is 0 Å². The Kier molecular flexibility index (Phi) is 4.43. The van der Waals surface area contributed by atoms with Crippen molar-refractivity contribution >= 4 is 23.4 Å². The maximum Gasteiger partial charge on any atom is 0.253 e. The molecule has 1 aromatic rings. The van der Waals surface area contributed by atoms with Crippen LogP contribution >= 0.6 is 11.6 Å². The third-order valence-electron chi connectivity index (χ3n) is 3.25. The molecule has 1 atom stereocenters. The Hall–Kier alpha value is -1.55. The Bertz CT molecular complexity index is 484. The summed E-state index contributed by atoms with van der Waals surface area (Å²) in [4.78, 5) is 25.9. The number of benzene rings is 1. The van der Waals surface area contributed by atoms with Crippen LogP contribution < -0.4 is 5.32 Å². The molecule has 1 heterocycles. The normalized spacial score (nSPS) is 16.2. The topological polar surface area (TPSA) is 49.4 Å². The standard InChI is InChI=1S/C14H17ClN2O2/c1-10(14(19)17-8-4-5-9-17)16-13(18)11-6-2-3-7-12(11)15/h2-3,6-7,10H,4-5,8-9H2,1H3,(H,16,18)/t10-/m1/s1. The fraction of sp³-hybridized carbons (Fsp3) is 0.429. The molecule has 0 aromatic heterocycles. The van der Waals surface area contributed by atoms with E-state index in [2.05, 4.69) is 5.32 Å². The van der Waals surface area contributed by atoms with Gasteiger partial charge in [-0.05, 0) is 31.9 Å². The predicted molar refractivity (Wildman–Crippen MR) is 74.2 cm³/mol. The molecule has 0 aliphatic carbocycles. The molecule has 102 valence electrons. The third-order valence-corrected chi connectivity index (χ3v) is 3.58. The van der Waals surface area contributed by atoms with E-state index in [9.17, 15) is 9.59 Å². The number of hydrogen-bond acceptors (Lipinski definition) is 2. The zero-order chi connectivity index (χ0) is 13.8. The van der Waals surface area contributed by atoms with Gasteiger partial charge in [0.25, 0.3) is 5.91 Å². The minimum absolute atomic E-state index is 0.0297. The van der Waals surface area contributed by atoms with Crippen molar-refractivity contribution in [3.8, 4) is 0 Å². The van der Waals surface area contributed by atoms with E-state index in [-0.39, 0.29) is 11.8 Å². The number of rotatable bonds is 3. The molecule has 0 spiro atoms. The number of likely N-dealkylation sites (tertiary alicyclic amines) is 1. The van der Waals surface area contributed by atoms with Gasteiger partial charge >= 0.3 is 0 Å². The van der Waals surface area contributed by atoms with Crippen LogP contribution in [0.2, 0.25) is 5.02 Å². The highest BCUT2D eigenvalue weighted by Gasteiger charge is 2.24. The first kappa shape index (κ1) is 13.9. The highest BCUT2D eigenvalue weighted by atomic mass is 35.5. The van der Waals surface area contributed by atoms with Crippen molar-refractivity contribution in [3.63, 3.8) is 0 Å². The first-order valence-electron chi connectivity index (χ1n) is 6.44. The Morgan fingerprint density at radius 2 is 1.89 bits per heavy atom. The largest absolute Gasteiger partial charge is 0.341 e. The fourth-order valence-corrected chi connectivity index (χ4v) is 2.41. The van der Waals surface area contributed by atoms with Gasteiger partial charge < -0.3 is 10.2 Å². The minimum atomic E-state index is -0.526. The molecule has 0 radical (unpaired) electrons. The van der Waals surface area contributed by atoms with Crippen LogP contribution in [0, 0.1) is 0 Å². The summed E-state index contributed by atoms with van der Waals surface area (Å²) in [6, 6.07) is 6.28. The van der Waals surface area contributed by atoms with Gasteiger partial charge in [0.1, 0.15) is 6.04 Å². The van der Waals surface area contributed by atoms with Crippen molar-refractivity contribution in [3.05, 3.63) is 34.9 Å². The Balaban J connectivity index is 1.98. The summed E-state index contributed by atoms with van der Waals surface area (Å²) in [5.41, 5.74) is 0.394. The average Bonchev–Trinajstić information content (AvgIpc) is 2.92. The number of carbonyl (C=O) groups excluding carboxylic acids is 2. The molecule has 1 aliphatic heterocycles. The maximum atomic E-state index is 12.1. The molecule has 1 aliphatic rings. The summed E-state index contributed by atoms with van der Waals surface area (Å²) < 4.78 is 0. The highest BCUT2D eigenvalue weighted by Crippen LogP contribution is 2.15. The second-order valence-electron chi connectivity index (χ2n) is 4.71. The molecule has 0 saturated carbocycles. The lowest BCUT2D eigenvalue weighted by Gasteiger charge is -2.21. The summed E-state index contributed by atoms with van der Waals surface area (Å²) in [6.45, 7) is 3.27. The van der Waals surface area contributed by atoms with Crippen molar-refractivity contribution in [2.75, 3.05) is 13.1 Å². The van der Waals surface area contributed by atoms with Gasteiger partial charge in [0, 0.05) is 13.1 Å². The van der Waals surface area contributed by atoms with E-state index in [1.807, 2.05) is 0 Å². The van der Waals surface area contributed by atoms with E-state index in [1.54, 1.807) is 36.1 Å². The molecule has 0 unspecified atom stereocenters. The summed E-state index contributed by atoms with van der Waals surface area (Å²) >= 11 is 5.95. The molecule has 1 fully saturated rings. The first-order valence-corrected chi connectivity index (χ1v) is 6.81. The van der Waals surface area contributed by atoms with Gasteiger partial charge in [0.05, 0.1) is 10.6 Å². The maximum absolute atomic E-state index is 12.1. The van der Waals surface area contributed by atoms with Gasteiger partial charge in [0.15, 0.2) is 0 Å². The molecule has 2 amide bonds. The van der Waals surface area contributed by atoms with Crippen molar-refractivity contribution in [2.45, 2.75) is 25.8 Å². The summed E-state index contributed by atoms with van der Waals surface area (Å²) in [6.07, 6.45) is 2.08. The monoisotopic (exact) mass is 280 g/mol. The quantitative estimate of drug-likeness (QED) is 0.922. The molecule has 4 nitrogen and oxygen atoms in total. The molecule has 1 N–H and O–H groups in total. The van der Waals surface area contributed by atoms with Gasteiger partial charge in [0.2, 0.25) is 5.91 Å². The molecule has 1 saturated heterocycles. The molecule has 0 bridgehead atoms. The third kappa shape index (κ3) is 3.26. The number of hydrogen-bond donors (Lipinski definition) is 1. The van der Waals surface area contributed by atoms with Gasteiger partial charge in [-0.25, -0.2) is 0 Å². The Morgan fingerprint density at radius 1 is 1.26 bits per heavy atom. The van der Waals surface area contributed by atoms with E-state index in [0.29, 0.717) is 10.6 Å². The zero-order valence-corrected chi connectivity index (χ0v) is 11.6. The Labute approximate surface area is 117 Å². The lowest BCUT2D eigenvalue weighted by Crippen LogP contribution is -2.46. The molecule has 2 rings (SSSR count). The lowest BCUT2D eigenvalue weighted by atomic mass is 10.2. The highest BCUT2D eigenvalue weighted by molar-refractivity contribution is 6.33. The van der Waals surface area contributed by atoms with Crippen LogP contribution in [0.15, 0.2) is 24.3 Å². The Morgan fingerprint density at radius 3 is 2.53 bits per heavy atom. The zero-order valence-electron chi connectivity index (χ0n) is 10.9. The number of carbonyl (C=O) groups is 2. The molecular weight excluding hydrogens is 264 g/mol. The second kappa shape index (κ2) is 6.06. The number of nitrogens with zero attached hydrogens (tertiary/aromatic N) is 1. The number of nitrogens with one attached hydrogen (secondary N) is 1. The van der Waals surface area contributed by atoms with E-state index < -0.39 is 6.04 Å². The van der Waals surface area contributed by atoms with Crippen molar-refractivity contribution in [1.82, 2.24) is 10.2 Å². The van der Waals surface area contributed by atoms with Crippen LogP contribution in [0.1, 0.15) is 30.1 Å². The van der Waals surface area contributed by atoms with Gasteiger partial charge in [-0.15, -0.1) is 0 Å². The second-order valence-corrected chi connectivity index (χ2v) is 5.11. The molecule has 5 heteroatoms. The van der Waals surface area contributed by atoms with E-state index in [1.165, 1.54) is 0 Å². The predicted octanol–water partition coefficient (Wildman–Crippen LogP) is 2.08. The summed E-state index contributed by atoms with van der Waals surface area (Å²) in [5.74, 6) is -0.344. The van der Waals surface area contributed by atoms with Gasteiger partial charge in [-0.1, -0.05) is 23.7 Å². The van der Waals surface area contributed by atoms with Crippen LogP contribution in [0.5, 0.6) is 0 Å². The van der Waals surface area contributed by atoms with Crippen molar-refractivity contribution < 1.29 is 9.59 Å². The summed E-state index contributed by atoms with van der Waals surface area (Å²) in [5, 5.41) is 3.09. The smallest absolute Gasteiger partial charge is 0.253 e. The molecule has 1 aromatic carbocycles. The van der Waals surface area contributed by atoms with Crippen LogP contribution in [0.3, 0.4) is 0 Å². The SMILES string of the molecule is C[C@@H](NC(=O)c1ccccc1Cl)C(=O)N1CCCC1. The van der Waals surface area contributed by atoms with Crippen LogP contribution in [-0.2, 0) is 4.79 Å². The van der Waals surface area contributed by atoms with Gasteiger partial charge in [-0.2, -0.15) is 0 Å². The minimum Gasteiger partial charge on any atom is -0.341 e. The van der Waals surface area contributed by atoms with Crippen LogP contribution in [-0.4, -0.2) is 35.8 Å². The van der Waals surface area contributed by atoms with E-state index in [0.717, 1.165) is 25.9 Å². The molecule has 19 heavy (non-hydrogen) atoms. The van der Waals surface area contributed by atoms with Gasteiger partial charge in [-0.3, -0.25) is 9.59 Å². The van der Waals surface area contributed by atoms with E-state index in [4.69, 9.17) is 11.6 Å². The van der Waals surface area contributed by atoms with Crippen molar-refractivity contribution in [1.29, 1.82) is 0 Å². The van der Waals surface area contributed by atoms with Crippen molar-refractivity contribution in [2.24, 2.45) is 0 Å². The number of amides is 2.